The lowest BCUT2D eigenvalue weighted by Gasteiger charge is -2.35. The SMILES string of the molecule is CC(C)(C)OC(=O)N1CCN(Cc2c(S(=O)(=O)c3ccc(Cl)cc3)c[nH]c(=O)c2O)CC1. The third-order valence-electron chi connectivity index (χ3n) is 4.95. The third kappa shape index (κ3) is 5.43. The van der Waals surface area contributed by atoms with Crippen molar-refractivity contribution in [2.24, 2.45) is 0 Å². The van der Waals surface area contributed by atoms with Gasteiger partial charge in [0.05, 0.1) is 9.79 Å². The van der Waals surface area contributed by atoms with E-state index >= 15 is 0 Å². The fraction of sp³-hybridized carbons (Fsp3) is 0.429. The molecule has 0 saturated carbocycles. The zero-order chi connectivity index (χ0) is 23.7. The average Bonchev–Trinajstić information content (AvgIpc) is 2.71. The molecule has 174 valence electrons. The smallest absolute Gasteiger partial charge is 0.410 e. The highest BCUT2D eigenvalue weighted by atomic mass is 35.5. The Morgan fingerprint density at radius 1 is 1.16 bits per heavy atom. The van der Waals surface area contributed by atoms with Crippen molar-refractivity contribution in [3.8, 4) is 5.75 Å². The van der Waals surface area contributed by atoms with Crippen LogP contribution in [-0.2, 0) is 21.1 Å². The summed E-state index contributed by atoms with van der Waals surface area (Å²) in [6.07, 6.45) is 0.681. The van der Waals surface area contributed by atoms with Crippen LogP contribution in [0.25, 0.3) is 0 Å². The molecule has 11 heteroatoms. The molecule has 2 N–H and O–H groups in total. The number of aromatic nitrogens is 1. The summed E-state index contributed by atoms with van der Waals surface area (Å²) in [7, 11) is -4.02. The minimum Gasteiger partial charge on any atom is -0.503 e. The van der Waals surface area contributed by atoms with Crippen molar-refractivity contribution >= 4 is 27.5 Å². The predicted molar refractivity (Wildman–Crippen MR) is 119 cm³/mol. The number of halogens is 1. The Kier molecular flexibility index (Phi) is 6.87. The number of sulfone groups is 1. The first-order chi connectivity index (χ1) is 14.9. The first-order valence-electron chi connectivity index (χ1n) is 10.0. The fourth-order valence-corrected chi connectivity index (χ4v) is 4.89. The summed E-state index contributed by atoms with van der Waals surface area (Å²) in [5.41, 5.74) is -1.37. The molecule has 1 aromatic heterocycles. The van der Waals surface area contributed by atoms with E-state index in [-0.39, 0.29) is 21.9 Å². The Morgan fingerprint density at radius 2 is 1.75 bits per heavy atom. The molecule has 0 spiro atoms. The number of aromatic hydroxyl groups is 1. The Morgan fingerprint density at radius 3 is 2.31 bits per heavy atom. The highest BCUT2D eigenvalue weighted by molar-refractivity contribution is 7.91. The number of hydrogen-bond donors (Lipinski definition) is 2. The lowest BCUT2D eigenvalue weighted by Crippen LogP contribution is -2.49. The van der Waals surface area contributed by atoms with Crippen LogP contribution < -0.4 is 5.56 Å². The van der Waals surface area contributed by atoms with Gasteiger partial charge in [-0.15, -0.1) is 0 Å². The Hall–Kier alpha value is -2.56. The van der Waals surface area contributed by atoms with Crippen LogP contribution in [-0.4, -0.2) is 66.2 Å². The van der Waals surface area contributed by atoms with Gasteiger partial charge in [-0.05, 0) is 45.0 Å². The van der Waals surface area contributed by atoms with Gasteiger partial charge in [0.2, 0.25) is 9.84 Å². The number of carbonyl (C=O) groups is 1. The second-order valence-electron chi connectivity index (χ2n) is 8.51. The van der Waals surface area contributed by atoms with E-state index in [0.29, 0.717) is 31.2 Å². The molecule has 2 heterocycles. The van der Waals surface area contributed by atoms with E-state index in [1.807, 2.05) is 4.90 Å². The molecular weight excluding hydrogens is 458 g/mol. The van der Waals surface area contributed by atoms with E-state index < -0.39 is 32.8 Å². The minimum atomic E-state index is -4.02. The summed E-state index contributed by atoms with van der Waals surface area (Å²) >= 11 is 5.86. The van der Waals surface area contributed by atoms with E-state index in [4.69, 9.17) is 16.3 Å². The highest BCUT2D eigenvalue weighted by Crippen LogP contribution is 2.29. The van der Waals surface area contributed by atoms with Crippen LogP contribution in [0.2, 0.25) is 5.02 Å². The second kappa shape index (κ2) is 9.13. The van der Waals surface area contributed by atoms with E-state index in [2.05, 4.69) is 4.98 Å². The van der Waals surface area contributed by atoms with Gasteiger partial charge in [0, 0.05) is 49.5 Å². The van der Waals surface area contributed by atoms with E-state index in [1.54, 1.807) is 25.7 Å². The number of aromatic amines is 1. The molecule has 2 aromatic rings. The number of amides is 1. The molecule has 0 aliphatic carbocycles. The van der Waals surface area contributed by atoms with Crippen LogP contribution in [0, 0.1) is 0 Å². The van der Waals surface area contributed by atoms with Crippen LogP contribution >= 0.6 is 11.6 Å². The van der Waals surface area contributed by atoms with Gasteiger partial charge in [-0.2, -0.15) is 0 Å². The first kappa shape index (κ1) is 24.1. The number of nitrogens with zero attached hydrogens (tertiary/aromatic N) is 2. The van der Waals surface area contributed by atoms with E-state index in [0.717, 1.165) is 6.20 Å². The summed E-state index contributed by atoms with van der Waals surface area (Å²) < 4.78 is 31.7. The molecule has 0 bridgehead atoms. The second-order valence-corrected chi connectivity index (χ2v) is 10.9. The molecule has 1 fully saturated rings. The van der Waals surface area contributed by atoms with Crippen molar-refractivity contribution in [3.63, 3.8) is 0 Å². The maximum absolute atomic E-state index is 13.2. The number of hydrogen-bond acceptors (Lipinski definition) is 7. The largest absolute Gasteiger partial charge is 0.503 e. The molecule has 1 saturated heterocycles. The lowest BCUT2D eigenvalue weighted by molar-refractivity contribution is 0.0137. The third-order valence-corrected chi connectivity index (χ3v) is 7.04. The maximum Gasteiger partial charge on any atom is 0.410 e. The number of piperazine rings is 1. The van der Waals surface area contributed by atoms with Crippen LogP contribution in [0.4, 0.5) is 4.79 Å². The fourth-order valence-electron chi connectivity index (χ4n) is 3.31. The number of H-pyrrole nitrogens is 1. The van der Waals surface area contributed by atoms with Gasteiger partial charge in [-0.3, -0.25) is 9.69 Å². The standard InChI is InChI=1S/C21H26ClN3O6S/c1-21(2,3)31-20(28)25-10-8-24(9-11-25)13-16-17(12-23-19(27)18(16)26)32(29,30)15-6-4-14(22)5-7-15/h4-7,12,26H,8-11,13H2,1-3H3,(H,23,27). The van der Waals surface area contributed by atoms with Crippen LogP contribution in [0.3, 0.4) is 0 Å². The molecule has 1 aliphatic rings. The summed E-state index contributed by atoms with van der Waals surface area (Å²) in [4.78, 5) is 29.8. The monoisotopic (exact) mass is 483 g/mol. The quantitative estimate of drug-likeness (QED) is 0.685. The maximum atomic E-state index is 13.2. The lowest BCUT2D eigenvalue weighted by atomic mass is 10.2. The van der Waals surface area contributed by atoms with Crippen molar-refractivity contribution in [2.75, 3.05) is 26.2 Å². The topological polar surface area (TPSA) is 120 Å². The van der Waals surface area contributed by atoms with Crippen molar-refractivity contribution in [1.82, 2.24) is 14.8 Å². The van der Waals surface area contributed by atoms with Gasteiger partial charge >= 0.3 is 6.09 Å². The van der Waals surface area contributed by atoms with Crippen molar-refractivity contribution < 1.29 is 23.1 Å². The molecule has 0 unspecified atom stereocenters. The molecular formula is C21H26ClN3O6S. The van der Waals surface area contributed by atoms with Crippen LogP contribution in [0.5, 0.6) is 5.75 Å². The number of pyridine rings is 1. The predicted octanol–water partition coefficient (Wildman–Crippen LogP) is 2.62. The van der Waals surface area contributed by atoms with E-state index in [1.165, 1.54) is 24.3 Å². The Balaban J connectivity index is 1.82. The van der Waals surface area contributed by atoms with Crippen molar-refractivity contribution in [3.05, 3.63) is 51.4 Å². The molecule has 9 nitrogen and oxygen atoms in total. The van der Waals surface area contributed by atoms with Crippen LogP contribution in [0.1, 0.15) is 26.3 Å². The molecule has 32 heavy (non-hydrogen) atoms. The van der Waals surface area contributed by atoms with Crippen molar-refractivity contribution in [1.29, 1.82) is 0 Å². The Labute approximate surface area is 191 Å². The number of benzene rings is 1. The molecule has 1 amide bonds. The van der Waals surface area contributed by atoms with Crippen LogP contribution in [0.15, 0.2) is 45.0 Å². The van der Waals surface area contributed by atoms with Gasteiger partial charge in [-0.1, -0.05) is 11.6 Å². The molecule has 3 rings (SSSR count). The van der Waals surface area contributed by atoms with Gasteiger partial charge in [-0.25, -0.2) is 13.2 Å². The van der Waals surface area contributed by atoms with Gasteiger partial charge in [0.25, 0.3) is 5.56 Å². The average molecular weight is 484 g/mol. The first-order valence-corrected chi connectivity index (χ1v) is 11.9. The zero-order valence-corrected chi connectivity index (χ0v) is 19.7. The summed E-state index contributed by atoms with van der Waals surface area (Å²) in [5, 5.41) is 10.8. The minimum absolute atomic E-state index is 0.00872. The summed E-state index contributed by atoms with van der Waals surface area (Å²) in [6.45, 7) is 6.99. The highest BCUT2D eigenvalue weighted by Gasteiger charge is 2.29. The van der Waals surface area contributed by atoms with Crippen molar-refractivity contribution in [2.45, 2.75) is 42.7 Å². The molecule has 1 aliphatic heterocycles. The summed E-state index contributed by atoms with van der Waals surface area (Å²) in [6, 6.07) is 5.64. The molecule has 0 atom stereocenters. The number of rotatable bonds is 4. The summed E-state index contributed by atoms with van der Waals surface area (Å²) in [5.74, 6) is -0.644. The van der Waals surface area contributed by atoms with Gasteiger partial charge in [0.1, 0.15) is 5.60 Å². The number of carbonyl (C=O) groups excluding carboxylic acids is 1. The zero-order valence-electron chi connectivity index (χ0n) is 18.1. The van der Waals surface area contributed by atoms with Gasteiger partial charge < -0.3 is 19.7 Å². The van der Waals surface area contributed by atoms with Gasteiger partial charge in [0.15, 0.2) is 5.75 Å². The number of nitrogens with one attached hydrogen (secondary N) is 1. The Bertz CT molecular complexity index is 1150. The molecule has 1 aromatic carbocycles. The van der Waals surface area contributed by atoms with E-state index in [9.17, 15) is 23.1 Å². The normalized spacial score (nSPS) is 15.6. The number of ether oxygens (including phenoxy) is 1. The molecule has 0 radical (unpaired) electrons.